The van der Waals surface area contributed by atoms with Crippen LogP contribution in [0.1, 0.15) is 17.5 Å². The minimum atomic E-state index is -0.108. The van der Waals surface area contributed by atoms with E-state index in [1.165, 1.54) is 22.2 Å². The highest BCUT2D eigenvalue weighted by atomic mass is 32.1. The maximum Gasteiger partial charge on any atom is 0.262 e. The zero-order valence-electron chi connectivity index (χ0n) is 15.1. The fourth-order valence-corrected chi connectivity index (χ4v) is 3.73. The van der Waals surface area contributed by atoms with Crippen LogP contribution in [0.5, 0.6) is 0 Å². The van der Waals surface area contributed by atoms with Crippen LogP contribution in [-0.2, 0) is 24.4 Å². The van der Waals surface area contributed by atoms with Crippen LogP contribution in [0, 0.1) is 0 Å². The van der Waals surface area contributed by atoms with Crippen molar-refractivity contribution in [2.45, 2.75) is 26.1 Å². The minimum absolute atomic E-state index is 0.105. The molecule has 0 aliphatic rings. The van der Waals surface area contributed by atoms with Crippen molar-refractivity contribution in [3.05, 3.63) is 82.0 Å². The first-order valence-corrected chi connectivity index (χ1v) is 9.82. The molecule has 0 aliphatic heterocycles. The number of hydrogen-bond acceptors (Lipinski definition) is 5. The van der Waals surface area contributed by atoms with Crippen LogP contribution in [0.25, 0.3) is 10.2 Å². The summed E-state index contributed by atoms with van der Waals surface area (Å²) in [6, 6.07) is 11.6. The van der Waals surface area contributed by atoms with Gasteiger partial charge in [-0.05, 0) is 28.6 Å². The quantitative estimate of drug-likeness (QED) is 0.523. The van der Waals surface area contributed by atoms with Crippen LogP contribution < -0.4 is 10.9 Å². The number of nitrogens with zero attached hydrogens (tertiary/aromatic N) is 4. The average molecular weight is 393 g/mol. The van der Waals surface area contributed by atoms with Crippen molar-refractivity contribution in [1.82, 2.24) is 24.6 Å². The van der Waals surface area contributed by atoms with E-state index in [4.69, 9.17) is 0 Å². The molecule has 1 aromatic carbocycles. The van der Waals surface area contributed by atoms with E-state index in [-0.39, 0.29) is 17.9 Å². The Morgan fingerprint density at radius 3 is 2.82 bits per heavy atom. The number of fused-ring (bicyclic) bond motifs is 1. The molecule has 4 aromatic rings. The van der Waals surface area contributed by atoms with Gasteiger partial charge in [-0.1, -0.05) is 24.3 Å². The van der Waals surface area contributed by atoms with Crippen LogP contribution in [0.15, 0.2) is 65.3 Å². The summed E-state index contributed by atoms with van der Waals surface area (Å²) in [6.45, 7) is 1.39. The molecule has 0 fully saturated rings. The molecule has 0 atom stereocenters. The second-order valence-electron chi connectivity index (χ2n) is 6.38. The van der Waals surface area contributed by atoms with Gasteiger partial charge in [0.15, 0.2) is 0 Å². The van der Waals surface area contributed by atoms with Gasteiger partial charge in [0.25, 0.3) is 5.56 Å². The first-order chi connectivity index (χ1) is 13.7. The van der Waals surface area contributed by atoms with Crippen molar-refractivity contribution >= 4 is 27.5 Å². The fraction of sp³-hybridized carbons (Fsp3) is 0.200. The maximum absolute atomic E-state index is 12.4. The van der Waals surface area contributed by atoms with Crippen molar-refractivity contribution in [1.29, 1.82) is 0 Å². The lowest BCUT2D eigenvalue weighted by Gasteiger charge is -2.11. The van der Waals surface area contributed by atoms with E-state index in [1.807, 2.05) is 46.6 Å². The Labute approximate surface area is 165 Å². The normalized spacial score (nSPS) is 11.0. The van der Waals surface area contributed by atoms with Gasteiger partial charge in [0.05, 0.1) is 18.3 Å². The first-order valence-electron chi connectivity index (χ1n) is 8.94. The lowest BCUT2D eigenvalue weighted by atomic mass is 10.1. The molecule has 28 heavy (non-hydrogen) atoms. The van der Waals surface area contributed by atoms with Crippen molar-refractivity contribution in [2.75, 3.05) is 0 Å². The second kappa shape index (κ2) is 8.18. The summed E-state index contributed by atoms with van der Waals surface area (Å²) in [5, 5.41) is 9.61. The van der Waals surface area contributed by atoms with E-state index < -0.39 is 0 Å². The van der Waals surface area contributed by atoms with E-state index in [0.29, 0.717) is 25.0 Å². The van der Waals surface area contributed by atoms with Crippen molar-refractivity contribution in [2.24, 2.45) is 0 Å². The van der Waals surface area contributed by atoms with Gasteiger partial charge < -0.3 is 5.32 Å². The van der Waals surface area contributed by atoms with Crippen molar-refractivity contribution in [3.63, 3.8) is 0 Å². The van der Waals surface area contributed by atoms with E-state index in [0.717, 1.165) is 16.0 Å². The Balaban J connectivity index is 1.36. The third kappa shape index (κ3) is 4.01. The second-order valence-corrected chi connectivity index (χ2v) is 7.28. The topological polar surface area (TPSA) is 81.8 Å². The maximum atomic E-state index is 12.4. The zero-order chi connectivity index (χ0) is 19.3. The summed E-state index contributed by atoms with van der Waals surface area (Å²) in [5.41, 5.74) is 2.04. The number of hydrogen-bond donors (Lipinski definition) is 1. The molecule has 4 rings (SSSR count). The summed E-state index contributed by atoms with van der Waals surface area (Å²) in [6.07, 6.45) is 5.38. The third-order valence-corrected chi connectivity index (χ3v) is 5.34. The number of amides is 1. The number of thiophene rings is 1. The lowest BCUT2D eigenvalue weighted by Crippen LogP contribution is -2.27. The monoisotopic (exact) mass is 393 g/mol. The van der Waals surface area contributed by atoms with E-state index >= 15 is 0 Å². The Hall–Kier alpha value is -3.26. The molecule has 1 N–H and O–H groups in total. The summed E-state index contributed by atoms with van der Waals surface area (Å²) < 4.78 is 3.33. The molecule has 0 aliphatic carbocycles. The highest BCUT2D eigenvalue weighted by Crippen LogP contribution is 2.13. The molecular formula is C20H19N5O2S. The Bertz CT molecular complexity index is 1150. The molecule has 0 spiro atoms. The van der Waals surface area contributed by atoms with Crippen LogP contribution in [0.2, 0.25) is 0 Å². The molecule has 0 saturated carbocycles. The molecule has 3 aromatic heterocycles. The minimum Gasteiger partial charge on any atom is -0.352 e. The molecule has 0 unspecified atom stereocenters. The number of benzene rings is 1. The lowest BCUT2D eigenvalue weighted by molar-refractivity contribution is -0.121. The molecule has 3 heterocycles. The number of carbonyl (C=O) groups excluding carboxylic acids is 1. The van der Waals surface area contributed by atoms with Gasteiger partial charge in [0.1, 0.15) is 4.83 Å². The van der Waals surface area contributed by atoms with Gasteiger partial charge in [-0.2, -0.15) is 5.10 Å². The molecular weight excluding hydrogens is 374 g/mol. The standard InChI is InChI=1S/C20H19N5O2S/c26-18(6-10-24-14-22-19-17(20(24)27)7-11-28-19)21-12-15-4-1-2-5-16(15)13-25-9-3-8-23-25/h1-5,7-9,11,14H,6,10,12-13H2,(H,21,26). The predicted molar refractivity (Wildman–Crippen MR) is 108 cm³/mol. The summed E-state index contributed by atoms with van der Waals surface area (Å²) in [5.74, 6) is -0.105. The Morgan fingerprint density at radius 1 is 1.14 bits per heavy atom. The molecule has 0 radical (unpaired) electrons. The van der Waals surface area contributed by atoms with Gasteiger partial charge in [-0.25, -0.2) is 4.98 Å². The number of rotatable bonds is 7. The summed E-state index contributed by atoms with van der Waals surface area (Å²) in [7, 11) is 0. The number of aromatic nitrogens is 4. The van der Waals surface area contributed by atoms with Gasteiger partial charge in [0.2, 0.25) is 5.91 Å². The van der Waals surface area contributed by atoms with Crippen molar-refractivity contribution in [3.8, 4) is 0 Å². The molecule has 0 saturated heterocycles. The largest absolute Gasteiger partial charge is 0.352 e. The summed E-state index contributed by atoms with van der Waals surface area (Å²) >= 11 is 1.43. The molecule has 1 amide bonds. The summed E-state index contributed by atoms with van der Waals surface area (Å²) in [4.78, 5) is 29.6. The predicted octanol–water partition coefficient (Wildman–Crippen LogP) is 2.41. The average Bonchev–Trinajstić information content (AvgIpc) is 3.39. The van der Waals surface area contributed by atoms with Crippen LogP contribution >= 0.6 is 11.3 Å². The number of aryl methyl sites for hydroxylation is 1. The van der Waals surface area contributed by atoms with Crippen LogP contribution in [0.4, 0.5) is 0 Å². The van der Waals surface area contributed by atoms with Gasteiger partial charge in [-0.15, -0.1) is 11.3 Å². The smallest absolute Gasteiger partial charge is 0.262 e. The molecule has 0 bridgehead atoms. The first kappa shape index (κ1) is 18.1. The van der Waals surface area contributed by atoms with Crippen LogP contribution in [-0.4, -0.2) is 25.2 Å². The Morgan fingerprint density at radius 2 is 2.00 bits per heavy atom. The Kier molecular flexibility index (Phi) is 5.29. The zero-order valence-corrected chi connectivity index (χ0v) is 15.9. The van der Waals surface area contributed by atoms with E-state index in [9.17, 15) is 9.59 Å². The third-order valence-electron chi connectivity index (χ3n) is 4.52. The SMILES string of the molecule is O=C(CCn1cnc2sccc2c1=O)NCc1ccccc1Cn1cccn1. The van der Waals surface area contributed by atoms with Gasteiger partial charge >= 0.3 is 0 Å². The number of nitrogens with one attached hydrogen (secondary N) is 1. The van der Waals surface area contributed by atoms with E-state index in [1.54, 1.807) is 12.3 Å². The fourth-order valence-electron chi connectivity index (χ4n) is 3.01. The van der Waals surface area contributed by atoms with Crippen molar-refractivity contribution < 1.29 is 4.79 Å². The highest BCUT2D eigenvalue weighted by molar-refractivity contribution is 7.16. The highest BCUT2D eigenvalue weighted by Gasteiger charge is 2.09. The number of carbonyl (C=O) groups is 1. The molecule has 7 nitrogen and oxygen atoms in total. The molecule has 142 valence electrons. The van der Waals surface area contributed by atoms with Crippen LogP contribution in [0.3, 0.4) is 0 Å². The van der Waals surface area contributed by atoms with E-state index in [2.05, 4.69) is 15.4 Å². The van der Waals surface area contributed by atoms with Gasteiger partial charge in [0, 0.05) is 31.9 Å². The van der Waals surface area contributed by atoms with Gasteiger partial charge in [-0.3, -0.25) is 18.8 Å². The molecule has 8 heteroatoms.